The predicted molar refractivity (Wildman–Crippen MR) is 77.5 cm³/mol. The SMILES string of the molecule is CCCCCCCn1nccc1CNCC(C)C. The lowest BCUT2D eigenvalue weighted by Gasteiger charge is -2.10. The van der Waals surface area contributed by atoms with Crippen LogP contribution >= 0.6 is 0 Å². The molecule has 1 aromatic rings. The average Bonchev–Trinajstić information content (AvgIpc) is 2.76. The summed E-state index contributed by atoms with van der Waals surface area (Å²) >= 11 is 0. The topological polar surface area (TPSA) is 29.9 Å². The minimum Gasteiger partial charge on any atom is -0.311 e. The summed E-state index contributed by atoms with van der Waals surface area (Å²) in [5, 5.41) is 7.89. The van der Waals surface area contributed by atoms with Gasteiger partial charge in [-0.15, -0.1) is 0 Å². The molecule has 0 saturated heterocycles. The molecule has 1 heterocycles. The van der Waals surface area contributed by atoms with Gasteiger partial charge in [0.05, 0.1) is 5.69 Å². The van der Waals surface area contributed by atoms with Crippen molar-refractivity contribution < 1.29 is 0 Å². The van der Waals surface area contributed by atoms with Crippen molar-refractivity contribution in [3.8, 4) is 0 Å². The van der Waals surface area contributed by atoms with Crippen LogP contribution in [0.2, 0.25) is 0 Å². The number of nitrogens with one attached hydrogen (secondary N) is 1. The first-order valence-electron chi connectivity index (χ1n) is 7.45. The third kappa shape index (κ3) is 6.20. The van der Waals surface area contributed by atoms with Gasteiger partial charge in [-0.05, 0) is 24.9 Å². The summed E-state index contributed by atoms with van der Waals surface area (Å²) in [4.78, 5) is 0. The van der Waals surface area contributed by atoms with E-state index in [1.165, 1.54) is 37.8 Å². The van der Waals surface area contributed by atoms with E-state index in [0.717, 1.165) is 19.6 Å². The van der Waals surface area contributed by atoms with Crippen LogP contribution in [0.3, 0.4) is 0 Å². The van der Waals surface area contributed by atoms with Gasteiger partial charge in [-0.25, -0.2) is 0 Å². The Morgan fingerprint density at radius 3 is 2.72 bits per heavy atom. The highest BCUT2D eigenvalue weighted by Gasteiger charge is 2.02. The van der Waals surface area contributed by atoms with Gasteiger partial charge in [0.25, 0.3) is 0 Å². The lowest BCUT2D eigenvalue weighted by Crippen LogP contribution is -2.21. The molecule has 0 fully saturated rings. The van der Waals surface area contributed by atoms with Crippen LogP contribution in [0.5, 0.6) is 0 Å². The van der Waals surface area contributed by atoms with E-state index in [9.17, 15) is 0 Å². The van der Waals surface area contributed by atoms with Gasteiger partial charge in [-0.3, -0.25) is 4.68 Å². The number of aryl methyl sites for hydroxylation is 1. The Kier molecular flexibility index (Phi) is 7.74. The van der Waals surface area contributed by atoms with E-state index in [4.69, 9.17) is 0 Å². The maximum absolute atomic E-state index is 4.41. The second-order valence-electron chi connectivity index (χ2n) is 5.48. The fraction of sp³-hybridized carbons (Fsp3) is 0.800. The first kappa shape index (κ1) is 15.2. The largest absolute Gasteiger partial charge is 0.311 e. The number of unbranched alkanes of at least 4 members (excludes halogenated alkanes) is 4. The zero-order valence-electron chi connectivity index (χ0n) is 12.3. The summed E-state index contributed by atoms with van der Waals surface area (Å²) in [6.45, 7) is 9.80. The maximum atomic E-state index is 4.41. The molecule has 1 rings (SSSR count). The number of hydrogen-bond acceptors (Lipinski definition) is 2. The molecule has 1 aromatic heterocycles. The first-order chi connectivity index (χ1) is 8.74. The summed E-state index contributed by atoms with van der Waals surface area (Å²) in [5.41, 5.74) is 1.31. The summed E-state index contributed by atoms with van der Waals surface area (Å²) in [5.74, 6) is 0.704. The second-order valence-corrected chi connectivity index (χ2v) is 5.48. The Balaban J connectivity index is 2.22. The molecule has 0 aliphatic carbocycles. The standard InChI is InChI=1S/C15H29N3/c1-4-5-6-7-8-11-18-15(9-10-17-18)13-16-12-14(2)3/h9-10,14,16H,4-8,11-13H2,1-3H3. The van der Waals surface area contributed by atoms with E-state index >= 15 is 0 Å². The summed E-state index contributed by atoms with van der Waals surface area (Å²) in [7, 11) is 0. The maximum Gasteiger partial charge on any atom is 0.0522 e. The van der Waals surface area contributed by atoms with Crippen molar-refractivity contribution in [1.29, 1.82) is 0 Å². The Morgan fingerprint density at radius 1 is 1.22 bits per heavy atom. The number of nitrogens with zero attached hydrogens (tertiary/aromatic N) is 2. The summed E-state index contributed by atoms with van der Waals surface area (Å²) in [6.07, 6.45) is 8.52. The van der Waals surface area contributed by atoms with Crippen LogP contribution in [0.1, 0.15) is 58.6 Å². The zero-order valence-corrected chi connectivity index (χ0v) is 12.3. The normalized spacial score (nSPS) is 11.3. The Bertz CT molecular complexity index is 304. The van der Waals surface area contributed by atoms with Gasteiger partial charge >= 0.3 is 0 Å². The van der Waals surface area contributed by atoms with Crippen molar-refractivity contribution in [2.45, 2.75) is 66.0 Å². The van der Waals surface area contributed by atoms with Crippen LogP contribution in [-0.4, -0.2) is 16.3 Å². The van der Waals surface area contributed by atoms with Crippen molar-refractivity contribution in [1.82, 2.24) is 15.1 Å². The Hall–Kier alpha value is -0.830. The molecule has 0 unspecified atom stereocenters. The quantitative estimate of drug-likeness (QED) is 0.644. The van der Waals surface area contributed by atoms with Crippen LogP contribution in [0.15, 0.2) is 12.3 Å². The molecule has 104 valence electrons. The van der Waals surface area contributed by atoms with E-state index in [1.807, 2.05) is 6.20 Å². The highest BCUT2D eigenvalue weighted by Crippen LogP contribution is 2.06. The zero-order chi connectivity index (χ0) is 13.2. The molecule has 0 atom stereocenters. The van der Waals surface area contributed by atoms with Crippen LogP contribution in [-0.2, 0) is 13.1 Å². The third-order valence-corrected chi connectivity index (χ3v) is 3.14. The molecule has 0 aromatic carbocycles. The number of aromatic nitrogens is 2. The molecule has 1 N–H and O–H groups in total. The number of rotatable bonds is 10. The molecule has 0 bridgehead atoms. The molecule has 0 aliphatic heterocycles. The highest BCUT2D eigenvalue weighted by atomic mass is 15.3. The predicted octanol–water partition coefficient (Wildman–Crippen LogP) is 3.60. The minimum atomic E-state index is 0.704. The van der Waals surface area contributed by atoms with E-state index in [0.29, 0.717) is 5.92 Å². The van der Waals surface area contributed by atoms with Crippen LogP contribution in [0.25, 0.3) is 0 Å². The van der Waals surface area contributed by atoms with Gasteiger partial charge in [0.2, 0.25) is 0 Å². The molecular weight excluding hydrogens is 222 g/mol. The molecule has 0 amide bonds. The first-order valence-corrected chi connectivity index (χ1v) is 7.45. The third-order valence-electron chi connectivity index (χ3n) is 3.14. The summed E-state index contributed by atoms with van der Waals surface area (Å²) < 4.78 is 2.15. The van der Waals surface area contributed by atoms with Crippen LogP contribution < -0.4 is 5.32 Å². The van der Waals surface area contributed by atoms with Crippen molar-refractivity contribution in [3.63, 3.8) is 0 Å². The fourth-order valence-corrected chi connectivity index (χ4v) is 2.07. The van der Waals surface area contributed by atoms with Crippen LogP contribution in [0.4, 0.5) is 0 Å². The smallest absolute Gasteiger partial charge is 0.0522 e. The van der Waals surface area contributed by atoms with Crippen molar-refractivity contribution in [2.75, 3.05) is 6.54 Å². The van der Waals surface area contributed by atoms with E-state index in [1.54, 1.807) is 0 Å². The second kappa shape index (κ2) is 9.15. The minimum absolute atomic E-state index is 0.704. The molecule has 18 heavy (non-hydrogen) atoms. The summed E-state index contributed by atoms with van der Waals surface area (Å²) in [6, 6.07) is 2.12. The monoisotopic (exact) mass is 251 g/mol. The van der Waals surface area contributed by atoms with E-state index in [-0.39, 0.29) is 0 Å². The molecule has 0 radical (unpaired) electrons. The lowest BCUT2D eigenvalue weighted by atomic mass is 10.1. The molecule has 0 saturated carbocycles. The molecule has 3 heteroatoms. The van der Waals surface area contributed by atoms with E-state index in [2.05, 4.69) is 41.9 Å². The van der Waals surface area contributed by atoms with Gasteiger partial charge in [-0.2, -0.15) is 5.10 Å². The molecule has 0 aliphatic rings. The van der Waals surface area contributed by atoms with Gasteiger partial charge in [-0.1, -0.05) is 46.5 Å². The Labute approximate surface area is 112 Å². The van der Waals surface area contributed by atoms with Crippen molar-refractivity contribution in [2.24, 2.45) is 5.92 Å². The number of hydrogen-bond donors (Lipinski definition) is 1. The molecular formula is C15H29N3. The van der Waals surface area contributed by atoms with E-state index < -0.39 is 0 Å². The fourth-order valence-electron chi connectivity index (χ4n) is 2.07. The average molecular weight is 251 g/mol. The van der Waals surface area contributed by atoms with Crippen molar-refractivity contribution in [3.05, 3.63) is 18.0 Å². The van der Waals surface area contributed by atoms with Gasteiger partial charge < -0.3 is 5.32 Å². The lowest BCUT2D eigenvalue weighted by molar-refractivity contribution is 0.493. The van der Waals surface area contributed by atoms with Crippen LogP contribution in [0, 0.1) is 5.92 Å². The van der Waals surface area contributed by atoms with Crippen molar-refractivity contribution >= 4 is 0 Å². The Morgan fingerprint density at radius 2 is 2.00 bits per heavy atom. The molecule has 3 nitrogen and oxygen atoms in total. The van der Waals surface area contributed by atoms with Gasteiger partial charge in [0, 0.05) is 19.3 Å². The molecule has 0 spiro atoms. The highest BCUT2D eigenvalue weighted by molar-refractivity contribution is 4.99. The van der Waals surface area contributed by atoms with Gasteiger partial charge in [0.1, 0.15) is 0 Å². The van der Waals surface area contributed by atoms with Gasteiger partial charge in [0.15, 0.2) is 0 Å².